The quantitative estimate of drug-likeness (QED) is 0.548. The number of aldehydes is 1. The predicted octanol–water partition coefficient (Wildman–Crippen LogP) is 4.37. The number of benzene rings is 1. The van der Waals surface area contributed by atoms with Crippen LogP contribution in [0.5, 0.6) is 0 Å². The maximum Gasteiger partial charge on any atom is 0.120 e. The van der Waals surface area contributed by atoms with Crippen LogP contribution in [0, 0.1) is 0 Å². The van der Waals surface area contributed by atoms with E-state index in [4.69, 9.17) is 11.6 Å². The second-order valence-electron chi connectivity index (χ2n) is 4.17. The summed E-state index contributed by atoms with van der Waals surface area (Å²) in [7, 11) is 0. The molecule has 0 saturated heterocycles. The summed E-state index contributed by atoms with van der Waals surface area (Å²) in [5.74, 6) is 0.268. The van der Waals surface area contributed by atoms with Crippen LogP contribution in [-0.2, 0) is 4.79 Å². The van der Waals surface area contributed by atoms with E-state index in [0.29, 0.717) is 6.42 Å². The van der Waals surface area contributed by atoms with Crippen LogP contribution in [0.3, 0.4) is 0 Å². The van der Waals surface area contributed by atoms with Crippen LogP contribution in [0.4, 0.5) is 0 Å². The van der Waals surface area contributed by atoms with Gasteiger partial charge in [0.25, 0.3) is 0 Å². The van der Waals surface area contributed by atoms with Crippen molar-refractivity contribution < 1.29 is 4.79 Å². The van der Waals surface area contributed by atoms with E-state index in [1.807, 2.05) is 24.3 Å². The molecule has 0 N–H and O–H groups in total. The van der Waals surface area contributed by atoms with Gasteiger partial charge in [-0.25, -0.2) is 0 Å². The van der Waals surface area contributed by atoms with Crippen molar-refractivity contribution in [1.82, 2.24) is 0 Å². The van der Waals surface area contributed by atoms with E-state index in [0.717, 1.165) is 17.7 Å². The standard InChI is InChI=1S/C14H17ClO/c1-11(2)3-4-13(9-10-16)12-5-7-14(15)8-6-12/h3,5-8,10,13H,4,9H2,1-2H3/t13-/m0/s1. The highest BCUT2D eigenvalue weighted by molar-refractivity contribution is 6.30. The molecule has 0 aliphatic rings. The first-order valence-electron chi connectivity index (χ1n) is 5.46. The molecule has 1 atom stereocenters. The summed E-state index contributed by atoms with van der Waals surface area (Å²) in [6.45, 7) is 4.14. The SMILES string of the molecule is CC(C)=CC[C@@H](CC=O)c1ccc(Cl)cc1. The van der Waals surface area contributed by atoms with Gasteiger partial charge in [0.2, 0.25) is 0 Å². The van der Waals surface area contributed by atoms with Crippen LogP contribution in [0.15, 0.2) is 35.9 Å². The third-order valence-electron chi connectivity index (χ3n) is 2.53. The maximum absolute atomic E-state index is 10.7. The number of allylic oxidation sites excluding steroid dienone is 2. The fourth-order valence-corrected chi connectivity index (χ4v) is 1.72. The lowest BCUT2D eigenvalue weighted by Crippen LogP contribution is -1.98. The van der Waals surface area contributed by atoms with E-state index in [2.05, 4.69) is 19.9 Å². The summed E-state index contributed by atoms with van der Waals surface area (Å²) in [5, 5.41) is 0.732. The van der Waals surface area contributed by atoms with Gasteiger partial charge >= 0.3 is 0 Å². The summed E-state index contributed by atoms with van der Waals surface area (Å²) in [4.78, 5) is 10.7. The fourth-order valence-electron chi connectivity index (χ4n) is 1.60. The molecule has 16 heavy (non-hydrogen) atoms. The van der Waals surface area contributed by atoms with Gasteiger partial charge in [0.15, 0.2) is 0 Å². The highest BCUT2D eigenvalue weighted by Crippen LogP contribution is 2.25. The highest BCUT2D eigenvalue weighted by atomic mass is 35.5. The Morgan fingerprint density at radius 1 is 1.25 bits per heavy atom. The van der Waals surface area contributed by atoms with E-state index in [9.17, 15) is 4.79 Å². The van der Waals surface area contributed by atoms with Gasteiger partial charge in [0.05, 0.1) is 0 Å². The minimum atomic E-state index is 0.268. The molecule has 86 valence electrons. The number of rotatable bonds is 5. The van der Waals surface area contributed by atoms with Crippen LogP contribution < -0.4 is 0 Å². The minimum Gasteiger partial charge on any atom is -0.303 e. The molecule has 0 heterocycles. The van der Waals surface area contributed by atoms with Gasteiger partial charge in [-0.2, -0.15) is 0 Å². The molecule has 1 rings (SSSR count). The largest absolute Gasteiger partial charge is 0.303 e. The second kappa shape index (κ2) is 6.49. The van der Waals surface area contributed by atoms with Crippen LogP contribution in [0.2, 0.25) is 5.02 Å². The van der Waals surface area contributed by atoms with Gasteiger partial charge < -0.3 is 4.79 Å². The summed E-state index contributed by atoms with van der Waals surface area (Å²) < 4.78 is 0. The number of carbonyl (C=O) groups is 1. The zero-order chi connectivity index (χ0) is 12.0. The van der Waals surface area contributed by atoms with Crippen molar-refractivity contribution in [1.29, 1.82) is 0 Å². The van der Waals surface area contributed by atoms with Crippen molar-refractivity contribution in [3.8, 4) is 0 Å². The molecular formula is C14H17ClO. The summed E-state index contributed by atoms with van der Waals surface area (Å²) >= 11 is 5.84. The first-order valence-corrected chi connectivity index (χ1v) is 5.83. The molecule has 2 heteroatoms. The number of halogens is 1. The lowest BCUT2D eigenvalue weighted by atomic mass is 9.92. The predicted molar refractivity (Wildman–Crippen MR) is 68.9 cm³/mol. The molecule has 0 aromatic heterocycles. The third kappa shape index (κ3) is 4.19. The molecule has 0 aliphatic heterocycles. The molecular weight excluding hydrogens is 220 g/mol. The van der Waals surface area contributed by atoms with Gasteiger partial charge in [-0.3, -0.25) is 0 Å². The van der Waals surface area contributed by atoms with Gasteiger partial charge in [-0.1, -0.05) is 35.4 Å². The maximum atomic E-state index is 10.7. The molecule has 0 saturated carbocycles. The summed E-state index contributed by atoms with van der Waals surface area (Å²) in [6.07, 6.45) is 4.62. The summed E-state index contributed by atoms with van der Waals surface area (Å²) in [5.41, 5.74) is 2.46. The average Bonchev–Trinajstić information content (AvgIpc) is 2.25. The van der Waals surface area contributed by atoms with Crippen molar-refractivity contribution in [2.75, 3.05) is 0 Å². The number of hydrogen-bond acceptors (Lipinski definition) is 1. The minimum absolute atomic E-state index is 0.268. The Kier molecular flexibility index (Phi) is 5.27. The molecule has 0 radical (unpaired) electrons. The smallest absolute Gasteiger partial charge is 0.120 e. The summed E-state index contributed by atoms with van der Waals surface area (Å²) in [6, 6.07) is 7.74. The van der Waals surface area contributed by atoms with E-state index >= 15 is 0 Å². The van der Waals surface area contributed by atoms with Crippen LogP contribution in [0.1, 0.15) is 38.2 Å². The molecule has 0 amide bonds. The van der Waals surface area contributed by atoms with E-state index in [1.165, 1.54) is 11.1 Å². The first-order chi connectivity index (χ1) is 7.63. The monoisotopic (exact) mass is 236 g/mol. The average molecular weight is 237 g/mol. The van der Waals surface area contributed by atoms with Crippen molar-refractivity contribution in [3.63, 3.8) is 0 Å². The third-order valence-corrected chi connectivity index (χ3v) is 2.78. The molecule has 0 aliphatic carbocycles. The van der Waals surface area contributed by atoms with E-state index < -0.39 is 0 Å². The molecule has 0 spiro atoms. The lowest BCUT2D eigenvalue weighted by Gasteiger charge is -2.12. The lowest BCUT2D eigenvalue weighted by molar-refractivity contribution is -0.108. The zero-order valence-electron chi connectivity index (χ0n) is 9.74. The van der Waals surface area contributed by atoms with Crippen LogP contribution in [0.25, 0.3) is 0 Å². The Balaban J connectivity index is 2.80. The number of carbonyl (C=O) groups excluding carboxylic acids is 1. The fraction of sp³-hybridized carbons (Fsp3) is 0.357. The molecule has 1 aromatic rings. The Hall–Kier alpha value is -1.08. The van der Waals surface area contributed by atoms with E-state index in [1.54, 1.807) is 0 Å². The molecule has 1 nitrogen and oxygen atoms in total. The van der Waals surface area contributed by atoms with Gasteiger partial charge in [-0.15, -0.1) is 0 Å². The van der Waals surface area contributed by atoms with Crippen molar-refractivity contribution in [2.24, 2.45) is 0 Å². The Morgan fingerprint density at radius 3 is 2.38 bits per heavy atom. The van der Waals surface area contributed by atoms with Crippen molar-refractivity contribution in [2.45, 2.75) is 32.6 Å². The van der Waals surface area contributed by atoms with Gasteiger partial charge in [-0.05, 0) is 43.9 Å². The highest BCUT2D eigenvalue weighted by Gasteiger charge is 2.09. The van der Waals surface area contributed by atoms with Crippen molar-refractivity contribution >= 4 is 17.9 Å². The topological polar surface area (TPSA) is 17.1 Å². The Morgan fingerprint density at radius 2 is 1.88 bits per heavy atom. The molecule has 0 fully saturated rings. The van der Waals surface area contributed by atoms with Crippen LogP contribution in [-0.4, -0.2) is 6.29 Å². The normalized spacial score (nSPS) is 11.9. The van der Waals surface area contributed by atoms with Crippen LogP contribution >= 0.6 is 11.6 Å². The Labute approximate surface area is 102 Å². The number of hydrogen-bond donors (Lipinski definition) is 0. The Bertz CT molecular complexity index is 361. The molecule has 1 aromatic carbocycles. The van der Waals surface area contributed by atoms with E-state index in [-0.39, 0.29) is 5.92 Å². The molecule has 0 bridgehead atoms. The first kappa shape index (κ1) is 13.0. The van der Waals surface area contributed by atoms with Crippen molar-refractivity contribution in [3.05, 3.63) is 46.5 Å². The second-order valence-corrected chi connectivity index (χ2v) is 4.60. The zero-order valence-corrected chi connectivity index (χ0v) is 10.5. The van der Waals surface area contributed by atoms with Gasteiger partial charge in [0.1, 0.15) is 6.29 Å². The van der Waals surface area contributed by atoms with Gasteiger partial charge in [0, 0.05) is 11.4 Å². The molecule has 0 unspecified atom stereocenters.